The Kier molecular flexibility index (Phi) is 36.7. The largest absolute Gasteiger partial charge is 0.508 e. The summed E-state index contributed by atoms with van der Waals surface area (Å²) < 4.78 is 34.3. The van der Waals surface area contributed by atoms with Crippen molar-refractivity contribution in [3.63, 3.8) is 0 Å². The second-order valence-corrected chi connectivity index (χ2v) is 36.7. The van der Waals surface area contributed by atoms with Gasteiger partial charge in [0.25, 0.3) is 23.6 Å². The van der Waals surface area contributed by atoms with E-state index in [9.17, 15) is 58.8 Å². The standard InChI is InChI=1S/C31H36N2O4.C30H34N2O5.C26H26N2O5.C25H25NO4.ClH/c1-22-12-14-25(36-19-18-33-16-8-9-17-33)21-27(22)29(34)32-28-20-24(23-10-6-5-7-11-23)13-15-26(28)30(35)37-31(2,3)4;1-30(2,3)37-29(35)24-13-11-22(21-9-5-4-6-10-21)19-26(24)31-28(34)25-20-23(12-14-27(25)33)36-18-17-32-15-7-8-16-32;29-24-11-9-20(33-15-14-28-12-4-5-13-28)17-22(24)25(30)27-23-16-19(8-10-21(23)26(31)32)18-6-2-1-3-7-18;1-16-10-12-19(27)15-21(16)23(28)26-22-14-18(17-8-6-5-7-9-17)11-13-20(22)24(29)30-25(2,3)4;/h5-7,10-15,20-21H,8-9,16-19H2,1-4H3,(H,32,34);4-6,9-14,19-20,33H,7-8,15-18H2,1-3H3,(H,31,34);1-3,6-11,16-17,29H,4-5,12-15H2,(H,27,30)(H,31,32);5-15,27H,1-4H3,(H,26,28);1H. The van der Waals surface area contributed by atoms with Crippen LogP contribution in [-0.4, -0.2) is 178 Å². The van der Waals surface area contributed by atoms with Crippen molar-refractivity contribution < 1.29 is 87.2 Å². The number of phenolic OH excluding ortho intramolecular Hbond substituents is 3. The summed E-state index contributed by atoms with van der Waals surface area (Å²) in [5.74, 6) is -3.41. The van der Waals surface area contributed by atoms with E-state index in [0.717, 1.165) is 109 Å². The molecule has 0 saturated carbocycles. The third kappa shape index (κ3) is 30.7. The number of likely N-dealkylation sites (tertiary alicyclic amines) is 3. The Morgan fingerprint density at radius 1 is 0.290 bits per heavy atom. The van der Waals surface area contributed by atoms with Crippen LogP contribution in [0, 0.1) is 13.8 Å². The number of aryl methyl sites for hydroxylation is 2. The molecule has 0 bridgehead atoms. The van der Waals surface area contributed by atoms with Crippen LogP contribution in [0.1, 0.15) is 195 Å². The molecule has 0 unspecified atom stereocenters. The fourth-order valence-corrected chi connectivity index (χ4v) is 15.6. The molecule has 0 radical (unpaired) electrons. The van der Waals surface area contributed by atoms with Gasteiger partial charge in [0, 0.05) is 30.8 Å². The Balaban J connectivity index is 0.000000177. The number of benzene rings is 12. The lowest BCUT2D eigenvalue weighted by molar-refractivity contribution is 0.00580. The van der Waals surface area contributed by atoms with Crippen molar-refractivity contribution in [2.24, 2.45) is 0 Å². The van der Waals surface area contributed by atoms with Crippen LogP contribution in [-0.2, 0) is 14.2 Å². The minimum Gasteiger partial charge on any atom is -0.508 e. The molecule has 26 heteroatoms. The Morgan fingerprint density at radius 2 is 0.543 bits per heavy atom. The van der Waals surface area contributed by atoms with Gasteiger partial charge in [0.2, 0.25) is 0 Å². The van der Waals surface area contributed by atoms with Crippen LogP contribution in [0.15, 0.2) is 267 Å². The quantitative estimate of drug-likeness (QED) is 0.0167. The van der Waals surface area contributed by atoms with Crippen molar-refractivity contribution in [1.82, 2.24) is 14.7 Å². The number of rotatable bonds is 28. The number of halogens is 1. The lowest BCUT2D eigenvalue weighted by Gasteiger charge is -2.21. The van der Waals surface area contributed by atoms with Crippen LogP contribution in [0.5, 0.6) is 34.5 Å². The van der Waals surface area contributed by atoms with Gasteiger partial charge in [0.15, 0.2) is 0 Å². The molecule has 0 aliphatic carbocycles. The Bertz CT molecular complexity index is 6020. The van der Waals surface area contributed by atoms with Crippen molar-refractivity contribution in [3.8, 4) is 79.0 Å². The zero-order valence-corrected chi connectivity index (χ0v) is 80.7. The van der Waals surface area contributed by atoms with Gasteiger partial charge in [-0.2, -0.15) is 0 Å². The van der Waals surface area contributed by atoms with Crippen LogP contribution >= 0.6 is 12.4 Å². The molecule has 138 heavy (non-hydrogen) atoms. The molecular weight excluding hydrogens is 1770 g/mol. The van der Waals surface area contributed by atoms with Gasteiger partial charge in [-0.25, -0.2) is 19.2 Å². The third-order valence-electron chi connectivity index (χ3n) is 22.6. The number of carbonyl (C=O) groups is 8. The number of hydrogen-bond donors (Lipinski definition) is 8. The monoisotopic (exact) mass is 1890 g/mol. The summed E-state index contributed by atoms with van der Waals surface area (Å²) >= 11 is 0. The first-order valence-electron chi connectivity index (χ1n) is 46.1. The molecule has 0 atom stereocenters. The number of amides is 4. The normalized spacial score (nSPS) is 13.1. The number of carboxylic acid groups (broad SMARTS) is 1. The van der Waals surface area contributed by atoms with Crippen molar-refractivity contribution in [1.29, 1.82) is 0 Å². The van der Waals surface area contributed by atoms with E-state index in [0.29, 0.717) is 76.4 Å². The van der Waals surface area contributed by atoms with Gasteiger partial charge in [0.05, 0.1) is 56.1 Å². The lowest BCUT2D eigenvalue weighted by atomic mass is 10.0. The van der Waals surface area contributed by atoms with Crippen LogP contribution < -0.4 is 35.5 Å². The van der Waals surface area contributed by atoms with Crippen molar-refractivity contribution in [2.45, 2.75) is 131 Å². The maximum Gasteiger partial charge on any atom is 0.340 e. The van der Waals surface area contributed by atoms with Gasteiger partial charge in [-0.1, -0.05) is 158 Å². The minimum atomic E-state index is -1.16. The highest BCUT2D eigenvalue weighted by molar-refractivity contribution is 6.13. The first-order valence-corrected chi connectivity index (χ1v) is 46.1. The average Bonchev–Trinajstić information content (AvgIpc) is 0.939. The SMILES string of the molecule is CC(C)(C)OC(=O)c1ccc(-c2ccccc2)cc1NC(=O)c1cc(OCCN2CCCC2)ccc1O.Cc1ccc(O)cc1C(=O)Nc1cc(-c2ccccc2)ccc1C(=O)OC(C)(C)C.Cc1ccc(OCCN2CCCC2)cc1C(=O)Nc1cc(-c2ccccc2)ccc1C(=O)OC(C)(C)C.Cl.O=C(Nc1cc(-c2ccccc2)ccc1C(=O)O)c1cc(OCCN2CCCC2)ccc1O. The van der Waals surface area contributed by atoms with E-state index in [4.69, 9.17) is 28.4 Å². The second-order valence-electron chi connectivity index (χ2n) is 36.7. The van der Waals surface area contributed by atoms with Crippen LogP contribution in [0.3, 0.4) is 0 Å². The molecule has 720 valence electrons. The maximum atomic E-state index is 13.5. The zero-order valence-electron chi connectivity index (χ0n) is 79.9. The molecule has 0 aromatic heterocycles. The molecular formula is C112H122ClN7O18. The predicted octanol–water partition coefficient (Wildman–Crippen LogP) is 22.6. The molecule has 25 nitrogen and oxygen atoms in total. The number of ether oxygens (including phenoxy) is 6. The van der Waals surface area contributed by atoms with E-state index in [2.05, 4.69) is 36.0 Å². The first-order chi connectivity index (χ1) is 65.5. The van der Waals surface area contributed by atoms with Crippen molar-refractivity contribution >= 4 is 82.7 Å². The number of aromatic hydroxyl groups is 3. The van der Waals surface area contributed by atoms with Gasteiger partial charge >= 0.3 is 23.9 Å². The van der Waals surface area contributed by atoms with Gasteiger partial charge < -0.3 is 70.1 Å². The van der Waals surface area contributed by atoms with Gasteiger partial charge in [-0.3, -0.25) is 33.9 Å². The second kappa shape index (κ2) is 48.7. The van der Waals surface area contributed by atoms with E-state index in [1.165, 1.54) is 81.0 Å². The fourth-order valence-electron chi connectivity index (χ4n) is 15.6. The molecule has 3 aliphatic rings. The smallest absolute Gasteiger partial charge is 0.340 e. The molecule has 12 aromatic rings. The Labute approximate surface area is 812 Å². The predicted molar refractivity (Wildman–Crippen MR) is 543 cm³/mol. The number of anilines is 4. The number of hydrogen-bond acceptors (Lipinski definition) is 20. The highest BCUT2D eigenvalue weighted by Crippen LogP contribution is 2.36. The molecule has 8 N–H and O–H groups in total. The maximum absolute atomic E-state index is 13.5. The molecule has 3 heterocycles. The summed E-state index contributed by atoms with van der Waals surface area (Å²) in [6.07, 6.45) is 7.30. The van der Waals surface area contributed by atoms with Crippen LogP contribution in [0.2, 0.25) is 0 Å². The third-order valence-corrected chi connectivity index (χ3v) is 22.6. The molecule has 15 rings (SSSR count). The number of phenols is 3. The highest BCUT2D eigenvalue weighted by atomic mass is 35.5. The van der Waals surface area contributed by atoms with E-state index in [1.807, 2.05) is 185 Å². The molecule has 12 aromatic carbocycles. The fraction of sp³-hybridized carbons (Fsp3) is 0.286. The number of nitrogens with one attached hydrogen (secondary N) is 4. The van der Waals surface area contributed by atoms with E-state index in [-0.39, 0.29) is 69.1 Å². The average molecular weight is 1890 g/mol. The molecule has 3 aliphatic heterocycles. The van der Waals surface area contributed by atoms with Crippen LogP contribution in [0.4, 0.5) is 22.7 Å². The summed E-state index contributed by atoms with van der Waals surface area (Å²) in [5.41, 5.74) is 9.43. The number of carboxylic acids is 1. The highest BCUT2D eigenvalue weighted by Gasteiger charge is 2.29. The van der Waals surface area contributed by atoms with Gasteiger partial charge in [-0.05, 0) is 319 Å². The Morgan fingerprint density at radius 3 is 0.833 bits per heavy atom. The molecule has 0 spiro atoms. The molecule has 3 fully saturated rings. The summed E-state index contributed by atoms with van der Waals surface area (Å²) in [4.78, 5) is 110. The molecule has 3 saturated heterocycles. The summed E-state index contributed by atoms with van der Waals surface area (Å²) in [6, 6.07) is 78.4. The number of esters is 3. The van der Waals surface area contributed by atoms with Crippen molar-refractivity contribution in [3.05, 3.63) is 323 Å². The zero-order chi connectivity index (χ0) is 97.9. The minimum absolute atomic E-state index is 0. The number of aromatic carboxylic acids is 1. The summed E-state index contributed by atoms with van der Waals surface area (Å²) in [7, 11) is 0. The lowest BCUT2D eigenvalue weighted by Crippen LogP contribution is -2.25. The number of carbonyl (C=O) groups excluding carboxylic acids is 7. The van der Waals surface area contributed by atoms with Gasteiger partial charge in [0.1, 0.15) is 71.1 Å². The summed E-state index contributed by atoms with van der Waals surface area (Å²) in [5, 5.41) is 51.3. The topological polar surface area (TPSA) is 331 Å². The Hall–Kier alpha value is -14.6. The molecule has 4 amide bonds. The van der Waals surface area contributed by atoms with Crippen LogP contribution in [0.25, 0.3) is 44.5 Å². The first kappa shape index (κ1) is 104. The number of nitrogens with zero attached hydrogens (tertiary/aromatic N) is 3. The van der Waals surface area contributed by atoms with E-state index in [1.54, 1.807) is 115 Å². The summed E-state index contributed by atoms with van der Waals surface area (Å²) in [6.45, 7) is 30.4. The van der Waals surface area contributed by atoms with E-state index < -0.39 is 58.4 Å². The van der Waals surface area contributed by atoms with Crippen molar-refractivity contribution in [2.75, 3.05) is 100.0 Å². The van der Waals surface area contributed by atoms with E-state index >= 15 is 0 Å². The van der Waals surface area contributed by atoms with Gasteiger partial charge in [-0.15, -0.1) is 12.4 Å².